The van der Waals surface area contributed by atoms with Gasteiger partial charge in [0, 0.05) is 24.0 Å². The number of piperidine rings is 1. The van der Waals surface area contributed by atoms with E-state index in [2.05, 4.69) is 15.3 Å². The highest BCUT2D eigenvalue weighted by atomic mass is 35.5. The van der Waals surface area contributed by atoms with Crippen LogP contribution in [0.4, 0.5) is 16.4 Å². The van der Waals surface area contributed by atoms with E-state index in [1.54, 1.807) is 18.2 Å². The standard InChI is InChI=1S/C26H33Cl2N5O4S/c1-25(2,3)37-24(35)30-17-9-6-10-26(17)11-13-33(14-12-26)21-19(23(34)36-4)31-22(20(29)32-21)38-16-8-5-7-15(27)18(16)28/h5,7-8,17H,6,9-14H2,1-4H3,(H2,29,32)(H,30,35). The van der Waals surface area contributed by atoms with Crippen LogP contribution in [0.1, 0.15) is 63.4 Å². The van der Waals surface area contributed by atoms with Crippen molar-refractivity contribution in [1.29, 1.82) is 0 Å². The maximum Gasteiger partial charge on any atom is 0.407 e. The lowest BCUT2D eigenvalue weighted by Crippen LogP contribution is -2.51. The number of nitrogen functional groups attached to an aromatic ring is 1. The Morgan fingerprint density at radius 3 is 2.55 bits per heavy atom. The van der Waals surface area contributed by atoms with Crippen molar-refractivity contribution < 1.29 is 19.1 Å². The molecule has 1 aliphatic carbocycles. The van der Waals surface area contributed by atoms with Gasteiger partial charge in [-0.05, 0) is 64.0 Å². The van der Waals surface area contributed by atoms with Crippen LogP contribution in [0.3, 0.4) is 0 Å². The van der Waals surface area contributed by atoms with Gasteiger partial charge in [-0.2, -0.15) is 0 Å². The van der Waals surface area contributed by atoms with Crippen LogP contribution in [0.15, 0.2) is 28.1 Å². The highest BCUT2D eigenvalue weighted by Gasteiger charge is 2.46. The van der Waals surface area contributed by atoms with Gasteiger partial charge in [0.05, 0.1) is 17.2 Å². The van der Waals surface area contributed by atoms with Crippen LogP contribution in [0.2, 0.25) is 10.0 Å². The lowest BCUT2D eigenvalue weighted by Gasteiger charge is -2.44. The van der Waals surface area contributed by atoms with Gasteiger partial charge < -0.3 is 25.4 Å². The Labute approximate surface area is 237 Å². The number of carbonyl (C=O) groups excluding carboxylic acids is 2. The number of hydrogen-bond acceptors (Lipinski definition) is 9. The van der Waals surface area contributed by atoms with Crippen LogP contribution in [0.5, 0.6) is 0 Å². The summed E-state index contributed by atoms with van der Waals surface area (Å²) in [6, 6.07) is 5.29. The smallest absolute Gasteiger partial charge is 0.407 e. The van der Waals surface area contributed by atoms with Crippen molar-refractivity contribution in [3.8, 4) is 0 Å². The summed E-state index contributed by atoms with van der Waals surface area (Å²) in [7, 11) is 1.31. The highest BCUT2D eigenvalue weighted by Crippen LogP contribution is 2.47. The molecule has 1 spiro atoms. The molecule has 9 nitrogen and oxygen atoms in total. The maximum atomic E-state index is 12.7. The first-order valence-corrected chi connectivity index (χ1v) is 14.1. The van der Waals surface area contributed by atoms with E-state index in [9.17, 15) is 9.59 Å². The van der Waals surface area contributed by atoms with Gasteiger partial charge in [-0.15, -0.1) is 0 Å². The molecule has 3 N–H and O–H groups in total. The lowest BCUT2D eigenvalue weighted by molar-refractivity contribution is 0.0440. The number of carbonyl (C=O) groups is 2. The van der Waals surface area contributed by atoms with Gasteiger partial charge in [-0.25, -0.2) is 19.6 Å². The number of nitrogens with two attached hydrogens (primary N) is 1. The van der Waals surface area contributed by atoms with Crippen molar-refractivity contribution in [1.82, 2.24) is 15.3 Å². The molecule has 1 atom stereocenters. The summed E-state index contributed by atoms with van der Waals surface area (Å²) < 4.78 is 10.5. The van der Waals surface area contributed by atoms with Gasteiger partial charge in [0.15, 0.2) is 17.3 Å². The molecule has 0 bridgehead atoms. The Bertz CT molecular complexity index is 1210. The van der Waals surface area contributed by atoms with Gasteiger partial charge in [-0.1, -0.05) is 47.5 Å². The fraction of sp³-hybridized carbons (Fsp3) is 0.538. The van der Waals surface area contributed by atoms with Crippen molar-refractivity contribution in [2.24, 2.45) is 5.41 Å². The van der Waals surface area contributed by atoms with Crippen LogP contribution in [-0.4, -0.2) is 53.9 Å². The molecule has 1 amide bonds. The summed E-state index contributed by atoms with van der Waals surface area (Å²) in [6.45, 7) is 6.84. The number of nitrogens with zero attached hydrogens (tertiary/aromatic N) is 3. The first-order valence-electron chi connectivity index (χ1n) is 12.5. The molecule has 2 fully saturated rings. The predicted octanol–water partition coefficient (Wildman–Crippen LogP) is 5.97. The molecular weight excluding hydrogens is 549 g/mol. The van der Waals surface area contributed by atoms with Gasteiger partial charge in [0.1, 0.15) is 10.6 Å². The lowest BCUT2D eigenvalue weighted by atomic mass is 9.74. The normalized spacial score (nSPS) is 18.9. The molecule has 1 unspecified atom stereocenters. The first-order chi connectivity index (χ1) is 17.9. The molecule has 206 valence electrons. The summed E-state index contributed by atoms with van der Waals surface area (Å²) in [5.41, 5.74) is 5.82. The van der Waals surface area contributed by atoms with E-state index in [1.165, 1.54) is 18.9 Å². The fourth-order valence-electron chi connectivity index (χ4n) is 5.20. The Hall–Kier alpha value is -2.43. The molecular formula is C26H33Cl2N5O4S. The summed E-state index contributed by atoms with van der Waals surface area (Å²) in [6.07, 6.45) is 4.24. The predicted molar refractivity (Wildman–Crippen MR) is 149 cm³/mol. The van der Waals surface area contributed by atoms with Gasteiger partial charge in [0.2, 0.25) is 0 Å². The van der Waals surface area contributed by atoms with Crippen molar-refractivity contribution in [3.05, 3.63) is 33.9 Å². The number of alkyl carbamates (subject to hydrolysis) is 1. The number of aromatic nitrogens is 2. The number of anilines is 2. The van der Waals surface area contributed by atoms with E-state index in [-0.39, 0.29) is 29.1 Å². The van der Waals surface area contributed by atoms with Gasteiger partial charge in [0.25, 0.3) is 0 Å². The molecule has 12 heteroatoms. The Morgan fingerprint density at radius 2 is 1.89 bits per heavy atom. The second kappa shape index (κ2) is 11.4. The Balaban J connectivity index is 1.53. The maximum absolute atomic E-state index is 12.7. The van der Waals surface area contributed by atoms with Crippen LogP contribution in [0, 0.1) is 5.41 Å². The fourth-order valence-corrected chi connectivity index (χ4v) is 6.51. The van der Waals surface area contributed by atoms with Crippen molar-refractivity contribution in [3.63, 3.8) is 0 Å². The minimum Gasteiger partial charge on any atom is -0.464 e. The molecule has 1 aromatic heterocycles. The molecule has 0 radical (unpaired) electrons. The average Bonchev–Trinajstić information content (AvgIpc) is 3.22. The second-order valence-electron chi connectivity index (χ2n) is 10.7. The summed E-state index contributed by atoms with van der Waals surface area (Å²) >= 11 is 13.7. The van der Waals surface area contributed by atoms with Crippen LogP contribution in [-0.2, 0) is 9.47 Å². The average molecular weight is 583 g/mol. The van der Waals surface area contributed by atoms with Crippen molar-refractivity contribution in [2.45, 2.75) is 74.4 Å². The topological polar surface area (TPSA) is 120 Å². The number of nitrogens with one attached hydrogen (secondary N) is 1. The van der Waals surface area contributed by atoms with Crippen molar-refractivity contribution >= 4 is 58.7 Å². The molecule has 1 aromatic carbocycles. The van der Waals surface area contributed by atoms with Crippen LogP contribution >= 0.6 is 35.0 Å². The molecule has 1 saturated heterocycles. The van der Waals surface area contributed by atoms with Crippen LogP contribution in [0.25, 0.3) is 0 Å². The third-order valence-electron chi connectivity index (χ3n) is 7.03. The molecule has 2 aliphatic rings. The zero-order valence-corrected chi connectivity index (χ0v) is 24.3. The molecule has 2 aromatic rings. The summed E-state index contributed by atoms with van der Waals surface area (Å²) in [5, 5.41) is 4.23. The number of ether oxygens (including phenoxy) is 2. The van der Waals surface area contributed by atoms with Crippen molar-refractivity contribution in [2.75, 3.05) is 30.8 Å². The molecule has 38 heavy (non-hydrogen) atoms. The zero-order valence-electron chi connectivity index (χ0n) is 22.0. The van der Waals surface area contributed by atoms with E-state index in [1.807, 2.05) is 25.7 Å². The largest absolute Gasteiger partial charge is 0.464 e. The van der Waals surface area contributed by atoms with Crippen LogP contribution < -0.4 is 16.0 Å². The Morgan fingerprint density at radius 1 is 1.18 bits per heavy atom. The first kappa shape index (κ1) is 28.6. The summed E-state index contributed by atoms with van der Waals surface area (Å²) in [5.74, 6) is -0.0307. The minimum atomic E-state index is -0.600. The molecule has 4 rings (SSSR count). The number of halogens is 2. The number of methoxy groups -OCH3 is 1. The number of hydrogen-bond donors (Lipinski definition) is 2. The molecule has 1 saturated carbocycles. The van der Waals surface area contributed by atoms with E-state index in [0.717, 1.165) is 32.1 Å². The third kappa shape index (κ3) is 6.24. The van der Waals surface area contributed by atoms with E-state index in [0.29, 0.717) is 38.9 Å². The second-order valence-corrected chi connectivity index (χ2v) is 12.5. The number of benzene rings is 1. The van der Waals surface area contributed by atoms with Gasteiger partial charge in [-0.3, -0.25) is 0 Å². The number of amides is 1. The number of esters is 1. The summed E-state index contributed by atoms with van der Waals surface area (Å²) in [4.78, 5) is 37.0. The quantitative estimate of drug-likeness (QED) is 0.411. The monoisotopic (exact) mass is 581 g/mol. The zero-order chi connectivity index (χ0) is 27.7. The van der Waals surface area contributed by atoms with Gasteiger partial charge >= 0.3 is 12.1 Å². The third-order valence-corrected chi connectivity index (χ3v) is 9.01. The minimum absolute atomic E-state index is 0.0308. The number of rotatable bonds is 5. The Kier molecular flexibility index (Phi) is 8.54. The SMILES string of the molecule is COC(=O)c1nc(Sc2cccc(Cl)c2Cl)c(N)nc1N1CCC2(CCCC2NC(=O)OC(C)(C)C)CC1. The van der Waals surface area contributed by atoms with E-state index >= 15 is 0 Å². The molecule has 1 aliphatic heterocycles. The highest BCUT2D eigenvalue weighted by molar-refractivity contribution is 7.99. The van der Waals surface area contributed by atoms with E-state index < -0.39 is 11.6 Å². The molecule has 2 heterocycles. The van der Waals surface area contributed by atoms with E-state index in [4.69, 9.17) is 38.4 Å².